The first-order chi connectivity index (χ1) is 22.3. The number of methoxy groups -OCH3 is 1. The first kappa shape index (κ1) is 31.8. The molecule has 0 spiro atoms. The van der Waals surface area contributed by atoms with E-state index in [1.54, 1.807) is 30.3 Å². The Hall–Kier alpha value is -5.18. The third-order valence-electron chi connectivity index (χ3n) is 7.85. The molecule has 2 aromatic heterocycles. The highest BCUT2D eigenvalue weighted by molar-refractivity contribution is 6.04. The van der Waals surface area contributed by atoms with Gasteiger partial charge in [0, 0.05) is 73.2 Å². The lowest BCUT2D eigenvalue weighted by atomic mass is 10.0. The second kappa shape index (κ2) is 12.2. The van der Waals surface area contributed by atoms with Gasteiger partial charge in [-0.15, -0.1) is 0 Å². The molecular formula is C32H26F6N4O5. The van der Waals surface area contributed by atoms with Gasteiger partial charge in [-0.1, -0.05) is 36.4 Å². The molecule has 5 aromatic rings. The van der Waals surface area contributed by atoms with Crippen LogP contribution in [0.3, 0.4) is 0 Å². The van der Waals surface area contributed by atoms with Crippen LogP contribution in [0, 0.1) is 0 Å². The number of benzene rings is 3. The van der Waals surface area contributed by atoms with Crippen molar-refractivity contribution in [3.8, 4) is 22.6 Å². The molecule has 0 amide bonds. The maximum atomic E-state index is 13.5. The Morgan fingerprint density at radius 1 is 0.851 bits per heavy atom. The van der Waals surface area contributed by atoms with E-state index in [9.17, 15) is 35.9 Å². The summed E-state index contributed by atoms with van der Waals surface area (Å²) in [5.74, 6) is -5.92. The maximum absolute atomic E-state index is 13.5. The van der Waals surface area contributed by atoms with E-state index in [0.717, 1.165) is 29.8 Å². The van der Waals surface area contributed by atoms with Crippen LogP contribution in [0.25, 0.3) is 32.9 Å². The van der Waals surface area contributed by atoms with Crippen LogP contribution in [0.15, 0.2) is 72.9 Å². The first-order valence-corrected chi connectivity index (χ1v) is 14.3. The van der Waals surface area contributed by atoms with Gasteiger partial charge in [-0.05, 0) is 23.8 Å². The molecule has 0 saturated carbocycles. The molecule has 1 aliphatic heterocycles. The molecule has 6 rings (SSSR count). The zero-order valence-corrected chi connectivity index (χ0v) is 24.6. The number of carbonyl (C=O) groups is 2. The van der Waals surface area contributed by atoms with Crippen LogP contribution < -0.4 is 19.2 Å². The molecule has 9 nitrogen and oxygen atoms in total. The highest BCUT2D eigenvalue weighted by Gasteiger charge is 2.44. The first-order valence-electron chi connectivity index (χ1n) is 14.3. The number of ether oxygens (including phenoxy) is 2. The number of anilines is 1. The molecule has 1 saturated heterocycles. The summed E-state index contributed by atoms with van der Waals surface area (Å²) in [5.41, 5.74) is 2.18. The number of halogens is 6. The number of aromatic amines is 1. The van der Waals surface area contributed by atoms with Crippen molar-refractivity contribution in [2.24, 2.45) is 0 Å². The summed E-state index contributed by atoms with van der Waals surface area (Å²) < 4.78 is 91.3. The van der Waals surface area contributed by atoms with Gasteiger partial charge in [-0.25, -0.2) is 9.59 Å². The van der Waals surface area contributed by atoms with E-state index in [0.29, 0.717) is 36.5 Å². The molecule has 3 heterocycles. The topological polar surface area (TPSA) is 89.0 Å². The number of hydrogen-bond donors (Lipinski definition) is 1. The van der Waals surface area contributed by atoms with E-state index in [4.69, 9.17) is 14.3 Å². The number of nitrogens with one attached hydrogen (secondary N) is 1. The highest BCUT2D eigenvalue weighted by Crippen LogP contribution is 2.44. The summed E-state index contributed by atoms with van der Waals surface area (Å²) in [5, 5.41) is 0.846. The van der Waals surface area contributed by atoms with Crippen molar-refractivity contribution in [3.63, 3.8) is 0 Å². The number of rotatable bonds is 7. The van der Waals surface area contributed by atoms with Gasteiger partial charge >= 0.3 is 24.3 Å². The predicted octanol–water partition coefficient (Wildman–Crippen LogP) is 6.11. The molecule has 0 atom stereocenters. The highest BCUT2D eigenvalue weighted by atomic mass is 19.4. The quantitative estimate of drug-likeness (QED) is 0.128. The van der Waals surface area contributed by atoms with E-state index in [-0.39, 0.29) is 34.5 Å². The summed E-state index contributed by atoms with van der Waals surface area (Å²) in [6, 6.07) is 18.1. The van der Waals surface area contributed by atoms with Crippen LogP contribution in [-0.2, 0) is 16.1 Å². The number of carbonyl (C=O) groups excluding carboxylic acids is 2. The van der Waals surface area contributed by atoms with Crippen LogP contribution >= 0.6 is 0 Å². The summed E-state index contributed by atoms with van der Waals surface area (Å²) >= 11 is 0. The van der Waals surface area contributed by atoms with Crippen LogP contribution in [0.4, 0.5) is 32.0 Å². The molecule has 0 unspecified atom stereocenters. The number of alkyl halides is 6. The van der Waals surface area contributed by atoms with Crippen molar-refractivity contribution in [3.05, 3.63) is 78.6 Å². The lowest BCUT2D eigenvalue weighted by molar-refractivity contribution is -0.199. The van der Waals surface area contributed by atoms with Gasteiger partial charge in [-0.3, -0.25) is 4.90 Å². The molecule has 0 radical (unpaired) electrons. The van der Waals surface area contributed by atoms with Gasteiger partial charge in [0.2, 0.25) is 0 Å². The average molecular weight is 661 g/mol. The van der Waals surface area contributed by atoms with Gasteiger partial charge in [0.1, 0.15) is 11.5 Å². The number of nitrogens with zero attached hydrogens (tertiary/aromatic N) is 3. The van der Waals surface area contributed by atoms with Crippen LogP contribution in [0.2, 0.25) is 0 Å². The molecule has 1 N–H and O–H groups in total. The Bertz CT molecular complexity index is 1940. The molecule has 3 aromatic carbocycles. The van der Waals surface area contributed by atoms with Crippen molar-refractivity contribution in [1.82, 2.24) is 14.6 Å². The minimum absolute atomic E-state index is 0.0162. The monoisotopic (exact) mass is 660 g/mol. The standard InChI is InChI=1S/C32H26F6N4O5/c1-45-20-16-24-28(26(17-20)46-29(43)31(33,34)35)27(19-6-3-2-4-7-19)25(42(24)47-30(44)32(36,37)38)18-40-12-14-41(15-13-40)23-9-5-8-22-21(23)10-11-39-22/h2-11,16-17,39H,12-15,18H2,1H3. The average Bonchev–Trinajstić information content (AvgIpc) is 3.64. The number of esters is 1. The lowest BCUT2D eigenvalue weighted by Gasteiger charge is -2.36. The van der Waals surface area contributed by atoms with E-state index < -0.39 is 30.0 Å². The Morgan fingerprint density at radius 3 is 2.21 bits per heavy atom. The van der Waals surface area contributed by atoms with E-state index >= 15 is 0 Å². The van der Waals surface area contributed by atoms with Crippen molar-refractivity contribution in [2.75, 3.05) is 38.2 Å². The maximum Gasteiger partial charge on any atom is 0.493 e. The minimum Gasteiger partial charge on any atom is -0.497 e. The third kappa shape index (κ3) is 6.30. The fourth-order valence-corrected chi connectivity index (χ4v) is 5.74. The van der Waals surface area contributed by atoms with Crippen LogP contribution in [0.5, 0.6) is 11.5 Å². The van der Waals surface area contributed by atoms with E-state index in [2.05, 4.69) is 9.88 Å². The lowest BCUT2D eigenvalue weighted by Crippen LogP contribution is -2.46. The second-order valence-electron chi connectivity index (χ2n) is 10.7. The van der Waals surface area contributed by atoms with Crippen molar-refractivity contribution in [2.45, 2.75) is 18.9 Å². The summed E-state index contributed by atoms with van der Waals surface area (Å²) in [4.78, 5) is 36.4. The number of H-pyrrole nitrogens is 1. The molecule has 246 valence electrons. The zero-order chi connectivity index (χ0) is 33.5. The molecule has 0 aliphatic carbocycles. The number of piperazine rings is 1. The zero-order valence-electron chi connectivity index (χ0n) is 24.6. The predicted molar refractivity (Wildman–Crippen MR) is 159 cm³/mol. The summed E-state index contributed by atoms with van der Waals surface area (Å²) in [6.45, 7) is 1.86. The Labute approximate surface area is 262 Å². The smallest absolute Gasteiger partial charge is 0.493 e. The van der Waals surface area contributed by atoms with Crippen LogP contribution in [-0.4, -0.2) is 72.2 Å². The van der Waals surface area contributed by atoms with Gasteiger partial charge in [-0.2, -0.15) is 31.1 Å². The van der Waals surface area contributed by atoms with Gasteiger partial charge in [0.25, 0.3) is 0 Å². The fourth-order valence-electron chi connectivity index (χ4n) is 5.74. The normalized spacial score (nSPS) is 14.5. The molecule has 1 aliphatic rings. The largest absolute Gasteiger partial charge is 0.497 e. The fraction of sp³-hybridized carbons (Fsp3) is 0.250. The van der Waals surface area contributed by atoms with Gasteiger partial charge < -0.3 is 24.2 Å². The van der Waals surface area contributed by atoms with Crippen molar-refractivity contribution >= 4 is 39.4 Å². The second-order valence-corrected chi connectivity index (χ2v) is 10.7. The Kier molecular flexibility index (Phi) is 8.26. The number of hydrogen-bond acceptors (Lipinski definition) is 7. The van der Waals surface area contributed by atoms with Crippen molar-refractivity contribution < 1.29 is 50.2 Å². The molecule has 0 bridgehead atoms. The Morgan fingerprint density at radius 2 is 1.55 bits per heavy atom. The SMILES string of the molecule is COc1cc(OC(=O)C(F)(F)F)c2c(-c3ccccc3)c(CN3CCN(c4cccc5[nH]ccc45)CC3)n(OC(=O)C(F)(F)F)c2c1. The Balaban J connectivity index is 1.47. The minimum atomic E-state index is -5.41. The molecular weight excluding hydrogens is 634 g/mol. The molecule has 47 heavy (non-hydrogen) atoms. The number of fused-ring (bicyclic) bond motifs is 2. The summed E-state index contributed by atoms with van der Waals surface area (Å²) in [7, 11) is 1.16. The van der Waals surface area contributed by atoms with E-state index in [1.807, 2.05) is 35.4 Å². The van der Waals surface area contributed by atoms with Gasteiger partial charge in [0.15, 0.2) is 0 Å². The number of aromatic nitrogens is 2. The van der Waals surface area contributed by atoms with Crippen molar-refractivity contribution in [1.29, 1.82) is 0 Å². The molecule has 1 fully saturated rings. The summed E-state index contributed by atoms with van der Waals surface area (Å²) in [6.07, 6.45) is -8.96. The van der Waals surface area contributed by atoms with E-state index in [1.165, 1.54) is 6.07 Å². The third-order valence-corrected chi connectivity index (χ3v) is 7.85. The molecule has 15 heteroatoms. The van der Waals surface area contributed by atoms with Gasteiger partial charge in [0.05, 0.1) is 23.7 Å². The van der Waals surface area contributed by atoms with Crippen LogP contribution in [0.1, 0.15) is 5.69 Å².